The number of aromatic nitrogens is 3. The molecule has 2 aromatic rings. The third-order valence-corrected chi connectivity index (χ3v) is 5.68. The molecular weight excluding hydrogens is 314 g/mol. The fourth-order valence-corrected chi connectivity index (χ4v) is 4.03. The smallest absolute Gasteiger partial charge is 0.219 e. The minimum absolute atomic E-state index is 0.330. The van der Waals surface area contributed by atoms with Crippen LogP contribution >= 0.6 is 0 Å². The summed E-state index contributed by atoms with van der Waals surface area (Å²) >= 11 is 0. The first-order valence-corrected chi connectivity index (χ1v) is 9.33. The van der Waals surface area contributed by atoms with E-state index in [2.05, 4.69) is 27.2 Å². The number of hydrogen-bond acceptors (Lipinski definition) is 6. The van der Waals surface area contributed by atoms with E-state index in [1.807, 2.05) is 0 Å². The molecule has 25 heavy (non-hydrogen) atoms. The summed E-state index contributed by atoms with van der Waals surface area (Å²) in [7, 11) is 0. The number of piperidine rings is 1. The maximum absolute atomic E-state index is 9.52. The number of nitrogens with zero attached hydrogens (tertiary/aromatic N) is 5. The highest BCUT2D eigenvalue weighted by atomic mass is 16.4. The lowest BCUT2D eigenvalue weighted by molar-refractivity contribution is 0.375. The highest BCUT2D eigenvalue weighted by Gasteiger charge is 2.32. The molecule has 0 atom stereocenters. The molecule has 1 saturated carbocycles. The Hall–Kier alpha value is -2.42. The Balaban J connectivity index is 1.32. The van der Waals surface area contributed by atoms with Crippen molar-refractivity contribution in [2.75, 3.05) is 18.0 Å². The van der Waals surface area contributed by atoms with Gasteiger partial charge in [-0.3, -0.25) is 0 Å². The van der Waals surface area contributed by atoms with E-state index < -0.39 is 0 Å². The molecule has 2 fully saturated rings. The van der Waals surface area contributed by atoms with Crippen LogP contribution in [0.15, 0.2) is 10.5 Å². The van der Waals surface area contributed by atoms with Crippen LogP contribution in [0, 0.1) is 11.3 Å². The Morgan fingerprint density at radius 2 is 1.76 bits per heavy atom. The molecule has 0 radical (unpaired) electrons. The van der Waals surface area contributed by atoms with Crippen molar-refractivity contribution in [3.63, 3.8) is 0 Å². The van der Waals surface area contributed by atoms with Crippen LogP contribution in [0.2, 0.25) is 0 Å². The first-order chi connectivity index (χ1) is 12.3. The van der Waals surface area contributed by atoms with Gasteiger partial charge in [0.15, 0.2) is 0 Å². The Morgan fingerprint density at radius 1 is 1.04 bits per heavy atom. The SMILES string of the molecule is N#Cc1cc2c(nc1N1CCC(c3nnc(C4CC4)o3)CC1)CCC2. The van der Waals surface area contributed by atoms with Gasteiger partial charge in [0.1, 0.15) is 11.9 Å². The zero-order valence-electron chi connectivity index (χ0n) is 14.2. The van der Waals surface area contributed by atoms with Crippen LogP contribution in [0.3, 0.4) is 0 Å². The fourth-order valence-electron chi connectivity index (χ4n) is 4.03. The topological polar surface area (TPSA) is 78.8 Å². The number of fused-ring (bicyclic) bond motifs is 1. The summed E-state index contributed by atoms with van der Waals surface area (Å²) in [4.78, 5) is 7.09. The van der Waals surface area contributed by atoms with E-state index in [0.717, 1.165) is 62.8 Å². The molecule has 0 bridgehead atoms. The average Bonchev–Trinajstić information content (AvgIpc) is 3.20. The standard InChI is InChI=1S/C19H21N5O/c20-11-15-10-14-2-1-3-16(14)21-17(15)24-8-6-13(7-9-24)19-23-22-18(25-19)12-4-5-12/h10,12-13H,1-9H2. The summed E-state index contributed by atoms with van der Waals surface area (Å²) in [6.45, 7) is 1.76. The molecule has 3 heterocycles. The van der Waals surface area contributed by atoms with Crippen LogP contribution < -0.4 is 4.90 Å². The normalized spacial score (nSPS) is 20.5. The largest absolute Gasteiger partial charge is 0.425 e. The van der Waals surface area contributed by atoms with E-state index >= 15 is 0 Å². The van der Waals surface area contributed by atoms with Gasteiger partial charge < -0.3 is 9.32 Å². The number of pyridine rings is 1. The molecule has 128 valence electrons. The first-order valence-electron chi connectivity index (χ1n) is 9.33. The van der Waals surface area contributed by atoms with E-state index in [9.17, 15) is 5.26 Å². The van der Waals surface area contributed by atoms with Crippen molar-refractivity contribution in [1.82, 2.24) is 15.2 Å². The Morgan fingerprint density at radius 3 is 2.44 bits per heavy atom. The number of rotatable bonds is 3. The van der Waals surface area contributed by atoms with Crippen LogP contribution in [-0.2, 0) is 12.8 Å². The van der Waals surface area contributed by atoms with E-state index in [1.165, 1.54) is 24.1 Å². The Kier molecular flexibility index (Phi) is 3.47. The molecule has 6 heteroatoms. The van der Waals surface area contributed by atoms with Gasteiger partial charge in [-0.15, -0.1) is 10.2 Å². The summed E-state index contributed by atoms with van der Waals surface area (Å²) < 4.78 is 5.88. The lowest BCUT2D eigenvalue weighted by Crippen LogP contribution is -2.34. The molecule has 0 N–H and O–H groups in total. The summed E-state index contributed by atoms with van der Waals surface area (Å²) in [5.41, 5.74) is 3.16. The second kappa shape index (κ2) is 5.83. The van der Waals surface area contributed by atoms with Gasteiger partial charge in [0.05, 0.1) is 5.56 Å². The molecule has 0 aromatic carbocycles. The minimum atomic E-state index is 0.330. The molecule has 1 aliphatic heterocycles. The van der Waals surface area contributed by atoms with Crippen LogP contribution in [0.5, 0.6) is 0 Å². The van der Waals surface area contributed by atoms with Gasteiger partial charge >= 0.3 is 0 Å². The van der Waals surface area contributed by atoms with E-state index in [0.29, 0.717) is 17.4 Å². The van der Waals surface area contributed by atoms with Crippen molar-refractivity contribution < 1.29 is 4.42 Å². The second-order valence-electron chi connectivity index (χ2n) is 7.44. The maximum Gasteiger partial charge on any atom is 0.219 e. The van der Waals surface area contributed by atoms with Crippen LogP contribution in [-0.4, -0.2) is 28.3 Å². The molecule has 1 saturated heterocycles. The molecule has 2 aliphatic carbocycles. The van der Waals surface area contributed by atoms with Gasteiger partial charge in [-0.05, 0) is 56.6 Å². The third-order valence-electron chi connectivity index (χ3n) is 5.68. The highest BCUT2D eigenvalue weighted by Crippen LogP contribution is 2.40. The monoisotopic (exact) mass is 335 g/mol. The van der Waals surface area contributed by atoms with Crippen molar-refractivity contribution >= 4 is 5.82 Å². The summed E-state index contributed by atoms with van der Waals surface area (Å²) in [5.74, 6) is 3.32. The lowest BCUT2D eigenvalue weighted by Gasteiger charge is -2.32. The van der Waals surface area contributed by atoms with Gasteiger partial charge in [0, 0.05) is 30.6 Å². The number of nitriles is 1. The highest BCUT2D eigenvalue weighted by molar-refractivity contribution is 5.57. The van der Waals surface area contributed by atoms with Crippen LogP contribution in [0.4, 0.5) is 5.82 Å². The zero-order chi connectivity index (χ0) is 16.8. The molecule has 5 rings (SSSR count). The van der Waals surface area contributed by atoms with Crippen LogP contribution in [0.25, 0.3) is 0 Å². The predicted molar refractivity (Wildman–Crippen MR) is 91.4 cm³/mol. The number of hydrogen-bond donors (Lipinski definition) is 0. The molecule has 6 nitrogen and oxygen atoms in total. The first kappa shape index (κ1) is 14.9. The minimum Gasteiger partial charge on any atom is -0.425 e. The number of anilines is 1. The van der Waals surface area contributed by atoms with Crippen LogP contribution in [0.1, 0.15) is 72.5 Å². The third kappa shape index (κ3) is 2.68. The van der Waals surface area contributed by atoms with Gasteiger partial charge in [0.2, 0.25) is 11.8 Å². The summed E-state index contributed by atoms with van der Waals surface area (Å²) in [5, 5.41) is 18.0. The van der Waals surface area contributed by atoms with Crippen molar-refractivity contribution in [2.45, 2.75) is 56.8 Å². The lowest BCUT2D eigenvalue weighted by atomic mass is 9.96. The van der Waals surface area contributed by atoms with Crippen molar-refractivity contribution in [2.24, 2.45) is 0 Å². The average molecular weight is 335 g/mol. The van der Waals surface area contributed by atoms with Crippen molar-refractivity contribution in [3.8, 4) is 6.07 Å². The molecule has 0 unspecified atom stereocenters. The van der Waals surface area contributed by atoms with E-state index in [1.54, 1.807) is 0 Å². The predicted octanol–water partition coefficient (Wildman–Crippen LogP) is 3.09. The molecule has 0 spiro atoms. The van der Waals surface area contributed by atoms with E-state index in [4.69, 9.17) is 9.40 Å². The Labute approximate surface area is 146 Å². The van der Waals surface area contributed by atoms with Gasteiger partial charge in [-0.25, -0.2) is 4.98 Å². The van der Waals surface area contributed by atoms with Gasteiger partial charge in [0.25, 0.3) is 0 Å². The quantitative estimate of drug-likeness (QED) is 0.857. The second-order valence-corrected chi connectivity index (χ2v) is 7.44. The number of aryl methyl sites for hydroxylation is 2. The summed E-state index contributed by atoms with van der Waals surface area (Å²) in [6, 6.07) is 4.40. The van der Waals surface area contributed by atoms with Crippen molar-refractivity contribution in [1.29, 1.82) is 5.26 Å². The molecular formula is C19H21N5O. The fraction of sp³-hybridized carbons (Fsp3) is 0.579. The summed E-state index contributed by atoms with van der Waals surface area (Å²) in [6.07, 6.45) is 7.55. The Bertz CT molecular complexity index is 840. The molecule has 3 aliphatic rings. The molecule has 2 aromatic heterocycles. The zero-order valence-corrected chi connectivity index (χ0v) is 14.2. The van der Waals surface area contributed by atoms with Gasteiger partial charge in [-0.2, -0.15) is 5.26 Å². The molecule has 0 amide bonds. The van der Waals surface area contributed by atoms with E-state index in [-0.39, 0.29) is 0 Å². The van der Waals surface area contributed by atoms with Gasteiger partial charge in [-0.1, -0.05) is 0 Å². The maximum atomic E-state index is 9.52. The van der Waals surface area contributed by atoms with Crippen molar-refractivity contribution in [3.05, 3.63) is 34.7 Å².